The highest BCUT2D eigenvalue weighted by Gasteiger charge is 2.13. The number of nitriles is 1. The van der Waals surface area contributed by atoms with E-state index in [1.54, 1.807) is 0 Å². The molecule has 0 amide bonds. The molecule has 0 aliphatic carbocycles. The van der Waals surface area contributed by atoms with Gasteiger partial charge in [-0.15, -0.1) is 0 Å². The number of hydrogen-bond acceptors (Lipinski definition) is 3. The normalized spacial score (nSPS) is 16.1. The van der Waals surface area contributed by atoms with Crippen LogP contribution in [-0.2, 0) is 0 Å². The zero-order valence-corrected chi connectivity index (χ0v) is 9.92. The highest BCUT2D eigenvalue weighted by atomic mass is 79.9. The molecule has 1 aliphatic rings. The van der Waals surface area contributed by atoms with E-state index >= 15 is 0 Å². The molecule has 78 valence electrons. The van der Waals surface area contributed by atoms with Gasteiger partial charge in [-0.3, -0.25) is 0 Å². The Balaban J connectivity index is 2.30. The summed E-state index contributed by atoms with van der Waals surface area (Å²) >= 11 is 3.38. The smallest absolute Gasteiger partial charge is 0.101 e. The van der Waals surface area contributed by atoms with Gasteiger partial charge < -0.3 is 10.2 Å². The van der Waals surface area contributed by atoms with Crippen molar-refractivity contribution in [3.05, 3.63) is 28.2 Å². The number of halogens is 1. The van der Waals surface area contributed by atoms with E-state index in [0.29, 0.717) is 0 Å². The van der Waals surface area contributed by atoms with E-state index in [2.05, 4.69) is 32.2 Å². The number of hydrogen-bond donors (Lipinski definition) is 1. The van der Waals surface area contributed by atoms with Gasteiger partial charge in [-0.1, -0.05) is 15.9 Å². The molecule has 3 nitrogen and oxygen atoms in total. The fraction of sp³-hybridized carbons (Fsp3) is 0.364. The first kappa shape index (κ1) is 10.5. The van der Waals surface area contributed by atoms with Crippen LogP contribution >= 0.6 is 15.9 Å². The molecule has 0 unspecified atom stereocenters. The number of rotatable bonds is 1. The van der Waals surface area contributed by atoms with Crippen LogP contribution in [0.2, 0.25) is 0 Å². The maximum atomic E-state index is 9.06. The fourth-order valence-corrected chi connectivity index (χ4v) is 2.14. The Morgan fingerprint density at radius 3 is 2.73 bits per heavy atom. The highest BCUT2D eigenvalue weighted by molar-refractivity contribution is 9.10. The SMILES string of the molecule is N#Cc1cc(Br)ccc1N1CCNCC1. The molecule has 1 heterocycles. The standard InChI is InChI=1S/C11H12BrN3/c12-10-1-2-11(9(7-10)8-13)15-5-3-14-4-6-15/h1-2,7,14H,3-6H2. The second-order valence-corrected chi connectivity index (χ2v) is 4.43. The number of nitrogens with one attached hydrogen (secondary N) is 1. The number of nitrogens with zero attached hydrogens (tertiary/aromatic N) is 2. The number of benzene rings is 1. The van der Waals surface area contributed by atoms with Crippen molar-refractivity contribution in [1.29, 1.82) is 5.26 Å². The molecule has 1 saturated heterocycles. The quantitative estimate of drug-likeness (QED) is 0.841. The third-order valence-corrected chi connectivity index (χ3v) is 3.03. The van der Waals surface area contributed by atoms with Crippen molar-refractivity contribution in [2.75, 3.05) is 31.1 Å². The van der Waals surface area contributed by atoms with Gasteiger partial charge in [-0.25, -0.2) is 0 Å². The van der Waals surface area contributed by atoms with E-state index in [9.17, 15) is 0 Å². The maximum Gasteiger partial charge on any atom is 0.101 e. The average Bonchev–Trinajstić information content (AvgIpc) is 2.30. The fourth-order valence-electron chi connectivity index (χ4n) is 1.78. The predicted molar refractivity (Wildman–Crippen MR) is 63.9 cm³/mol. The summed E-state index contributed by atoms with van der Waals surface area (Å²) in [5.41, 5.74) is 1.79. The molecule has 4 heteroatoms. The lowest BCUT2D eigenvalue weighted by Crippen LogP contribution is -2.43. The lowest BCUT2D eigenvalue weighted by Gasteiger charge is -2.30. The number of anilines is 1. The molecule has 0 bridgehead atoms. The minimum absolute atomic E-state index is 0.742. The van der Waals surface area contributed by atoms with Crippen molar-refractivity contribution in [2.45, 2.75) is 0 Å². The molecule has 1 aliphatic heterocycles. The van der Waals surface area contributed by atoms with Crippen LogP contribution in [0, 0.1) is 11.3 Å². The summed E-state index contributed by atoms with van der Waals surface area (Å²) in [4.78, 5) is 2.25. The second-order valence-electron chi connectivity index (χ2n) is 3.51. The number of piperazine rings is 1. The monoisotopic (exact) mass is 265 g/mol. The lowest BCUT2D eigenvalue weighted by atomic mass is 10.1. The first-order valence-corrected chi connectivity index (χ1v) is 5.76. The molecule has 0 aromatic heterocycles. The van der Waals surface area contributed by atoms with Crippen molar-refractivity contribution in [1.82, 2.24) is 5.32 Å². The van der Waals surface area contributed by atoms with E-state index in [4.69, 9.17) is 5.26 Å². The Bertz CT molecular complexity index is 391. The second kappa shape index (κ2) is 4.65. The molecule has 0 radical (unpaired) electrons. The molecule has 0 saturated carbocycles. The molecule has 2 rings (SSSR count). The zero-order valence-electron chi connectivity index (χ0n) is 8.33. The topological polar surface area (TPSA) is 39.1 Å². The van der Waals surface area contributed by atoms with Gasteiger partial charge in [0.25, 0.3) is 0 Å². The van der Waals surface area contributed by atoms with Crippen LogP contribution in [-0.4, -0.2) is 26.2 Å². The molecule has 15 heavy (non-hydrogen) atoms. The first-order valence-electron chi connectivity index (χ1n) is 4.96. The molecular weight excluding hydrogens is 254 g/mol. The van der Waals surface area contributed by atoms with Crippen LogP contribution in [0.5, 0.6) is 0 Å². The van der Waals surface area contributed by atoms with Crippen molar-refractivity contribution in [3.63, 3.8) is 0 Å². The van der Waals surface area contributed by atoms with Crippen molar-refractivity contribution in [2.24, 2.45) is 0 Å². The van der Waals surface area contributed by atoms with E-state index in [0.717, 1.165) is 41.9 Å². The van der Waals surface area contributed by atoms with Gasteiger partial charge in [0.05, 0.1) is 11.3 Å². The van der Waals surface area contributed by atoms with Crippen LogP contribution in [0.4, 0.5) is 5.69 Å². The molecule has 1 N–H and O–H groups in total. The van der Waals surface area contributed by atoms with E-state index in [1.807, 2.05) is 18.2 Å². The average molecular weight is 266 g/mol. The lowest BCUT2D eigenvalue weighted by molar-refractivity contribution is 0.589. The molecule has 0 atom stereocenters. The summed E-state index contributed by atoms with van der Waals surface area (Å²) in [7, 11) is 0. The van der Waals surface area contributed by atoms with Gasteiger partial charge in [0.1, 0.15) is 6.07 Å². The van der Waals surface area contributed by atoms with Crippen LogP contribution in [0.25, 0.3) is 0 Å². The summed E-state index contributed by atoms with van der Waals surface area (Å²) < 4.78 is 0.956. The molecule has 0 spiro atoms. The van der Waals surface area contributed by atoms with Gasteiger partial charge in [0.15, 0.2) is 0 Å². The summed E-state index contributed by atoms with van der Waals surface area (Å²) in [5.74, 6) is 0. The Labute approximate surface area is 97.8 Å². The molecule has 1 fully saturated rings. The Hall–Kier alpha value is -1.05. The molecular formula is C11H12BrN3. The third kappa shape index (κ3) is 2.31. The van der Waals surface area contributed by atoms with Crippen molar-refractivity contribution >= 4 is 21.6 Å². The van der Waals surface area contributed by atoms with Gasteiger partial charge in [0, 0.05) is 30.7 Å². The first-order chi connectivity index (χ1) is 7.31. The van der Waals surface area contributed by atoms with Gasteiger partial charge in [0.2, 0.25) is 0 Å². The highest BCUT2D eigenvalue weighted by Crippen LogP contribution is 2.24. The summed E-state index contributed by atoms with van der Waals surface area (Å²) in [6.07, 6.45) is 0. The van der Waals surface area contributed by atoms with Gasteiger partial charge in [-0.05, 0) is 18.2 Å². The minimum Gasteiger partial charge on any atom is -0.368 e. The van der Waals surface area contributed by atoms with Crippen molar-refractivity contribution < 1.29 is 0 Å². The Morgan fingerprint density at radius 2 is 2.07 bits per heavy atom. The Kier molecular flexibility index (Phi) is 3.24. The molecule has 1 aromatic rings. The third-order valence-electron chi connectivity index (χ3n) is 2.54. The largest absolute Gasteiger partial charge is 0.368 e. The summed E-state index contributed by atoms with van der Waals surface area (Å²) in [6, 6.07) is 8.11. The van der Waals surface area contributed by atoms with Crippen LogP contribution in [0.3, 0.4) is 0 Å². The Morgan fingerprint density at radius 1 is 1.33 bits per heavy atom. The molecule has 1 aromatic carbocycles. The summed E-state index contributed by atoms with van der Waals surface area (Å²) in [6.45, 7) is 3.91. The van der Waals surface area contributed by atoms with Crippen LogP contribution < -0.4 is 10.2 Å². The van der Waals surface area contributed by atoms with Crippen LogP contribution in [0.1, 0.15) is 5.56 Å². The van der Waals surface area contributed by atoms with Gasteiger partial charge >= 0.3 is 0 Å². The van der Waals surface area contributed by atoms with E-state index < -0.39 is 0 Å². The van der Waals surface area contributed by atoms with Crippen LogP contribution in [0.15, 0.2) is 22.7 Å². The van der Waals surface area contributed by atoms with E-state index in [-0.39, 0.29) is 0 Å². The maximum absolute atomic E-state index is 9.06. The predicted octanol–water partition coefficient (Wildman–Crippen LogP) is 1.73. The minimum atomic E-state index is 0.742. The van der Waals surface area contributed by atoms with Gasteiger partial charge in [-0.2, -0.15) is 5.26 Å². The zero-order chi connectivity index (χ0) is 10.7. The summed E-state index contributed by atoms with van der Waals surface area (Å²) in [5, 5.41) is 12.4. The van der Waals surface area contributed by atoms with E-state index in [1.165, 1.54) is 0 Å². The van der Waals surface area contributed by atoms with Crippen molar-refractivity contribution in [3.8, 4) is 6.07 Å².